The third-order valence-corrected chi connectivity index (χ3v) is 4.30. The van der Waals surface area contributed by atoms with Crippen molar-refractivity contribution in [3.05, 3.63) is 21.9 Å². The van der Waals surface area contributed by atoms with Crippen molar-refractivity contribution in [2.45, 2.75) is 45.6 Å². The normalized spacial score (nSPS) is 11.5. The molecule has 96 valence electrons. The molecule has 1 aromatic heterocycles. The molecule has 0 unspecified atom stereocenters. The summed E-state index contributed by atoms with van der Waals surface area (Å²) in [5.74, 6) is 0.00794. The van der Waals surface area contributed by atoms with E-state index in [0.29, 0.717) is 6.54 Å². The SMILES string of the molecule is CCc1ccsc1C(=O)NCC(N)(CC)CC. The fourth-order valence-corrected chi connectivity index (χ4v) is 2.56. The van der Waals surface area contributed by atoms with Gasteiger partial charge in [0.25, 0.3) is 5.91 Å². The van der Waals surface area contributed by atoms with Crippen LogP contribution in [0.15, 0.2) is 11.4 Å². The third-order valence-electron chi connectivity index (χ3n) is 3.34. The van der Waals surface area contributed by atoms with Crippen LogP contribution in [0.1, 0.15) is 48.8 Å². The molecule has 1 heterocycles. The van der Waals surface area contributed by atoms with Gasteiger partial charge in [-0.1, -0.05) is 20.8 Å². The van der Waals surface area contributed by atoms with Gasteiger partial charge in [-0.25, -0.2) is 0 Å². The predicted octanol–water partition coefficient (Wildman–Crippen LogP) is 2.56. The summed E-state index contributed by atoms with van der Waals surface area (Å²) in [7, 11) is 0. The zero-order valence-electron chi connectivity index (χ0n) is 10.9. The van der Waals surface area contributed by atoms with Gasteiger partial charge in [0.05, 0.1) is 4.88 Å². The Balaban J connectivity index is 2.62. The van der Waals surface area contributed by atoms with Crippen molar-refractivity contribution in [3.8, 4) is 0 Å². The van der Waals surface area contributed by atoms with Gasteiger partial charge in [0, 0.05) is 12.1 Å². The zero-order chi connectivity index (χ0) is 12.9. The van der Waals surface area contributed by atoms with E-state index in [1.807, 2.05) is 11.4 Å². The fraction of sp³-hybridized carbons (Fsp3) is 0.615. The molecular formula is C13H22N2OS. The monoisotopic (exact) mass is 254 g/mol. The van der Waals surface area contributed by atoms with Gasteiger partial charge in [-0.2, -0.15) is 0 Å². The first kappa shape index (κ1) is 14.2. The Morgan fingerprint density at radius 1 is 1.41 bits per heavy atom. The van der Waals surface area contributed by atoms with Crippen LogP contribution in [-0.4, -0.2) is 18.0 Å². The molecule has 0 atom stereocenters. The van der Waals surface area contributed by atoms with E-state index < -0.39 is 0 Å². The minimum Gasteiger partial charge on any atom is -0.349 e. The van der Waals surface area contributed by atoms with Gasteiger partial charge in [-0.3, -0.25) is 4.79 Å². The van der Waals surface area contributed by atoms with Crippen LogP contribution < -0.4 is 11.1 Å². The number of nitrogens with two attached hydrogens (primary N) is 1. The van der Waals surface area contributed by atoms with Crippen molar-refractivity contribution in [1.29, 1.82) is 0 Å². The molecule has 0 aliphatic carbocycles. The number of thiophene rings is 1. The van der Waals surface area contributed by atoms with Gasteiger partial charge in [0.2, 0.25) is 0 Å². The Bertz CT molecular complexity index is 369. The van der Waals surface area contributed by atoms with Crippen molar-refractivity contribution < 1.29 is 4.79 Å². The molecular weight excluding hydrogens is 232 g/mol. The first-order valence-corrected chi connectivity index (χ1v) is 7.07. The Labute approximate surface area is 107 Å². The molecule has 4 heteroatoms. The molecule has 0 aromatic carbocycles. The lowest BCUT2D eigenvalue weighted by Gasteiger charge is -2.26. The fourth-order valence-electron chi connectivity index (χ4n) is 1.65. The number of hydrogen-bond donors (Lipinski definition) is 2. The number of rotatable bonds is 6. The van der Waals surface area contributed by atoms with E-state index in [4.69, 9.17) is 5.73 Å². The Morgan fingerprint density at radius 3 is 2.59 bits per heavy atom. The largest absolute Gasteiger partial charge is 0.349 e. The smallest absolute Gasteiger partial charge is 0.261 e. The number of nitrogens with one attached hydrogen (secondary N) is 1. The topological polar surface area (TPSA) is 55.1 Å². The van der Waals surface area contributed by atoms with Crippen molar-refractivity contribution in [1.82, 2.24) is 5.32 Å². The van der Waals surface area contributed by atoms with Crippen LogP contribution in [0.25, 0.3) is 0 Å². The second-order valence-corrected chi connectivity index (χ2v) is 5.30. The summed E-state index contributed by atoms with van der Waals surface area (Å²) >= 11 is 1.50. The molecule has 0 bridgehead atoms. The number of carbonyl (C=O) groups is 1. The van der Waals surface area contributed by atoms with Gasteiger partial charge in [0.15, 0.2) is 0 Å². The van der Waals surface area contributed by atoms with Crippen LogP contribution in [0.4, 0.5) is 0 Å². The highest BCUT2D eigenvalue weighted by Crippen LogP contribution is 2.17. The van der Waals surface area contributed by atoms with Crippen LogP contribution in [0.5, 0.6) is 0 Å². The molecule has 3 nitrogen and oxygen atoms in total. The quantitative estimate of drug-likeness (QED) is 0.819. The summed E-state index contributed by atoms with van der Waals surface area (Å²) in [6, 6.07) is 2.01. The van der Waals surface area contributed by atoms with Crippen molar-refractivity contribution in [3.63, 3.8) is 0 Å². The van der Waals surface area contributed by atoms with Crippen LogP contribution in [-0.2, 0) is 6.42 Å². The molecule has 0 spiro atoms. The van der Waals surface area contributed by atoms with E-state index in [-0.39, 0.29) is 11.4 Å². The second-order valence-electron chi connectivity index (χ2n) is 4.38. The van der Waals surface area contributed by atoms with E-state index in [0.717, 1.165) is 29.7 Å². The van der Waals surface area contributed by atoms with Gasteiger partial charge < -0.3 is 11.1 Å². The number of carbonyl (C=O) groups excluding carboxylic acids is 1. The standard InChI is InChI=1S/C13H22N2OS/c1-4-10-7-8-17-11(10)12(16)15-9-13(14,5-2)6-3/h7-8H,4-6,9,14H2,1-3H3,(H,15,16). The van der Waals surface area contributed by atoms with Crippen molar-refractivity contribution in [2.75, 3.05) is 6.54 Å². The first-order valence-electron chi connectivity index (χ1n) is 6.19. The molecule has 0 fully saturated rings. The highest BCUT2D eigenvalue weighted by Gasteiger charge is 2.22. The van der Waals surface area contributed by atoms with Crippen LogP contribution >= 0.6 is 11.3 Å². The highest BCUT2D eigenvalue weighted by molar-refractivity contribution is 7.12. The molecule has 17 heavy (non-hydrogen) atoms. The Kier molecular flexibility index (Phi) is 5.15. The predicted molar refractivity (Wildman–Crippen MR) is 73.5 cm³/mol. The lowest BCUT2D eigenvalue weighted by molar-refractivity contribution is 0.0945. The lowest BCUT2D eigenvalue weighted by atomic mass is 9.94. The Morgan fingerprint density at radius 2 is 2.06 bits per heavy atom. The van der Waals surface area contributed by atoms with Gasteiger partial charge >= 0.3 is 0 Å². The number of hydrogen-bond acceptors (Lipinski definition) is 3. The molecule has 1 aromatic rings. The van der Waals surface area contributed by atoms with E-state index in [1.165, 1.54) is 11.3 Å². The summed E-state index contributed by atoms with van der Waals surface area (Å²) in [6.07, 6.45) is 2.63. The number of amides is 1. The van der Waals surface area contributed by atoms with Crippen LogP contribution in [0.2, 0.25) is 0 Å². The maximum atomic E-state index is 12.0. The third kappa shape index (κ3) is 3.54. The summed E-state index contributed by atoms with van der Waals surface area (Å²) < 4.78 is 0. The summed E-state index contributed by atoms with van der Waals surface area (Å²) in [5, 5.41) is 4.91. The van der Waals surface area contributed by atoms with Crippen LogP contribution in [0.3, 0.4) is 0 Å². The molecule has 0 radical (unpaired) electrons. The van der Waals surface area contributed by atoms with Crippen molar-refractivity contribution >= 4 is 17.2 Å². The minimum atomic E-state index is -0.278. The average molecular weight is 254 g/mol. The van der Waals surface area contributed by atoms with Gasteiger partial charge in [-0.15, -0.1) is 11.3 Å². The molecule has 0 saturated heterocycles. The lowest BCUT2D eigenvalue weighted by Crippen LogP contribution is -2.49. The molecule has 1 rings (SSSR count). The molecule has 0 aliphatic heterocycles. The Hall–Kier alpha value is -0.870. The zero-order valence-corrected chi connectivity index (χ0v) is 11.7. The summed E-state index contributed by atoms with van der Waals surface area (Å²) in [5.41, 5.74) is 6.99. The van der Waals surface area contributed by atoms with Gasteiger partial charge in [0.1, 0.15) is 0 Å². The van der Waals surface area contributed by atoms with E-state index in [1.54, 1.807) is 0 Å². The first-order chi connectivity index (χ1) is 8.06. The van der Waals surface area contributed by atoms with Gasteiger partial charge in [-0.05, 0) is 36.3 Å². The summed E-state index contributed by atoms with van der Waals surface area (Å²) in [4.78, 5) is 12.8. The number of aryl methyl sites for hydroxylation is 1. The molecule has 3 N–H and O–H groups in total. The maximum absolute atomic E-state index is 12.0. The molecule has 1 amide bonds. The molecule has 0 saturated carbocycles. The minimum absolute atomic E-state index is 0.00794. The average Bonchev–Trinajstić information content (AvgIpc) is 2.83. The van der Waals surface area contributed by atoms with E-state index in [9.17, 15) is 4.79 Å². The summed E-state index contributed by atoms with van der Waals surface area (Å²) in [6.45, 7) is 6.71. The van der Waals surface area contributed by atoms with Crippen molar-refractivity contribution in [2.24, 2.45) is 5.73 Å². The maximum Gasteiger partial charge on any atom is 0.261 e. The molecule has 0 aliphatic rings. The second kappa shape index (κ2) is 6.17. The van der Waals surface area contributed by atoms with E-state index >= 15 is 0 Å². The highest BCUT2D eigenvalue weighted by atomic mass is 32.1. The van der Waals surface area contributed by atoms with E-state index in [2.05, 4.69) is 26.1 Å². The van der Waals surface area contributed by atoms with Crippen LogP contribution in [0, 0.1) is 0 Å².